The number of ether oxygens (including phenoxy) is 3. The van der Waals surface area contributed by atoms with Crippen LogP contribution in [-0.2, 0) is 0 Å². The zero-order valence-corrected chi connectivity index (χ0v) is 10.9. The first-order chi connectivity index (χ1) is 8.79. The predicted octanol–water partition coefficient (Wildman–Crippen LogP) is 2.48. The number of nitrogens with one attached hydrogen (secondary N) is 1. The van der Waals surface area contributed by atoms with Crippen molar-refractivity contribution in [2.45, 2.75) is 26.3 Å². The van der Waals surface area contributed by atoms with Gasteiger partial charge in [-0.1, -0.05) is 13.8 Å². The summed E-state index contributed by atoms with van der Waals surface area (Å²) in [5, 5.41) is 3.59. The Morgan fingerprint density at radius 3 is 2.72 bits per heavy atom. The lowest BCUT2D eigenvalue weighted by Gasteiger charge is -2.32. The Balaban J connectivity index is 1.94. The maximum absolute atomic E-state index is 5.80. The molecule has 0 saturated heterocycles. The standard InChI is InChI=1S/C14H19NO3/c1-3-4-15-14-9(2)7-16-11-6-13-12(5-10(11)14)17-8-18-13/h5-6,9,14-15H,3-4,7-8H2,1-2H3. The van der Waals surface area contributed by atoms with Gasteiger partial charge in [-0.05, 0) is 19.0 Å². The second-order valence-corrected chi connectivity index (χ2v) is 4.96. The molecule has 2 atom stereocenters. The molecule has 1 aromatic carbocycles. The minimum Gasteiger partial charge on any atom is -0.493 e. The highest BCUT2D eigenvalue weighted by molar-refractivity contribution is 5.53. The maximum Gasteiger partial charge on any atom is 0.231 e. The van der Waals surface area contributed by atoms with E-state index >= 15 is 0 Å². The van der Waals surface area contributed by atoms with Crippen molar-refractivity contribution < 1.29 is 14.2 Å². The molecule has 0 aromatic heterocycles. The van der Waals surface area contributed by atoms with Gasteiger partial charge in [-0.3, -0.25) is 0 Å². The Kier molecular flexibility index (Phi) is 3.04. The van der Waals surface area contributed by atoms with Crippen LogP contribution in [0.25, 0.3) is 0 Å². The molecule has 2 aliphatic heterocycles. The lowest BCUT2D eigenvalue weighted by atomic mass is 9.91. The molecule has 0 amide bonds. The van der Waals surface area contributed by atoms with E-state index in [2.05, 4.69) is 25.2 Å². The summed E-state index contributed by atoms with van der Waals surface area (Å²) in [6, 6.07) is 4.34. The number of hydrogen-bond donors (Lipinski definition) is 1. The molecule has 4 nitrogen and oxygen atoms in total. The summed E-state index contributed by atoms with van der Waals surface area (Å²) >= 11 is 0. The van der Waals surface area contributed by atoms with Gasteiger partial charge in [0, 0.05) is 23.6 Å². The van der Waals surface area contributed by atoms with Gasteiger partial charge in [0.25, 0.3) is 0 Å². The van der Waals surface area contributed by atoms with Crippen molar-refractivity contribution in [3.63, 3.8) is 0 Å². The van der Waals surface area contributed by atoms with Crippen LogP contribution in [-0.4, -0.2) is 19.9 Å². The summed E-state index contributed by atoms with van der Waals surface area (Å²) in [4.78, 5) is 0. The molecule has 0 spiro atoms. The van der Waals surface area contributed by atoms with E-state index in [1.165, 1.54) is 5.56 Å². The van der Waals surface area contributed by atoms with E-state index in [1.807, 2.05) is 6.07 Å². The van der Waals surface area contributed by atoms with Crippen LogP contribution in [0.3, 0.4) is 0 Å². The number of hydrogen-bond acceptors (Lipinski definition) is 4. The summed E-state index contributed by atoms with van der Waals surface area (Å²) < 4.78 is 16.6. The van der Waals surface area contributed by atoms with E-state index in [-0.39, 0.29) is 0 Å². The van der Waals surface area contributed by atoms with E-state index in [1.54, 1.807) is 0 Å². The third-order valence-corrected chi connectivity index (χ3v) is 3.53. The number of fused-ring (bicyclic) bond motifs is 2. The van der Waals surface area contributed by atoms with Crippen molar-refractivity contribution in [1.29, 1.82) is 0 Å². The normalized spacial score (nSPS) is 24.6. The van der Waals surface area contributed by atoms with Gasteiger partial charge < -0.3 is 19.5 Å². The van der Waals surface area contributed by atoms with Crippen LogP contribution >= 0.6 is 0 Å². The summed E-state index contributed by atoms with van der Waals surface area (Å²) in [6.45, 7) is 6.45. The molecule has 0 fully saturated rings. The van der Waals surface area contributed by atoms with E-state index in [4.69, 9.17) is 14.2 Å². The number of rotatable bonds is 3. The van der Waals surface area contributed by atoms with Crippen LogP contribution in [0.4, 0.5) is 0 Å². The first-order valence-corrected chi connectivity index (χ1v) is 6.59. The average Bonchev–Trinajstić information content (AvgIpc) is 2.82. The molecule has 1 N–H and O–H groups in total. The van der Waals surface area contributed by atoms with Crippen molar-refractivity contribution >= 4 is 0 Å². The van der Waals surface area contributed by atoms with Crippen LogP contribution in [0.1, 0.15) is 31.9 Å². The second-order valence-electron chi connectivity index (χ2n) is 4.96. The summed E-state index contributed by atoms with van der Waals surface area (Å²) in [5.41, 5.74) is 1.19. The quantitative estimate of drug-likeness (QED) is 0.893. The lowest BCUT2D eigenvalue weighted by Crippen LogP contribution is -2.34. The fourth-order valence-electron chi connectivity index (χ4n) is 2.54. The van der Waals surface area contributed by atoms with Gasteiger partial charge in [-0.25, -0.2) is 0 Å². The van der Waals surface area contributed by atoms with Gasteiger partial charge >= 0.3 is 0 Å². The fraction of sp³-hybridized carbons (Fsp3) is 0.571. The van der Waals surface area contributed by atoms with Crippen LogP contribution in [0, 0.1) is 5.92 Å². The predicted molar refractivity (Wildman–Crippen MR) is 68.3 cm³/mol. The van der Waals surface area contributed by atoms with Crippen LogP contribution < -0.4 is 19.5 Å². The topological polar surface area (TPSA) is 39.7 Å². The van der Waals surface area contributed by atoms with Gasteiger partial charge in [-0.2, -0.15) is 0 Å². The third kappa shape index (κ3) is 1.90. The smallest absolute Gasteiger partial charge is 0.231 e. The van der Waals surface area contributed by atoms with Gasteiger partial charge in [0.1, 0.15) is 5.75 Å². The van der Waals surface area contributed by atoms with E-state index < -0.39 is 0 Å². The first-order valence-electron chi connectivity index (χ1n) is 6.59. The summed E-state index contributed by atoms with van der Waals surface area (Å²) in [7, 11) is 0. The zero-order valence-electron chi connectivity index (χ0n) is 10.9. The molecule has 3 rings (SSSR count). The lowest BCUT2D eigenvalue weighted by molar-refractivity contribution is 0.173. The minimum atomic E-state index is 0.306. The van der Waals surface area contributed by atoms with Gasteiger partial charge in [0.05, 0.1) is 6.61 Å². The molecule has 2 unspecified atom stereocenters. The Labute approximate surface area is 107 Å². The van der Waals surface area contributed by atoms with E-state index in [9.17, 15) is 0 Å². The van der Waals surface area contributed by atoms with Crippen molar-refractivity contribution in [3.05, 3.63) is 17.7 Å². The molecule has 4 heteroatoms. The fourth-order valence-corrected chi connectivity index (χ4v) is 2.54. The first kappa shape index (κ1) is 11.7. The van der Waals surface area contributed by atoms with Crippen molar-refractivity contribution in [3.8, 4) is 17.2 Å². The molecule has 0 aliphatic carbocycles. The van der Waals surface area contributed by atoms with Crippen LogP contribution in [0.2, 0.25) is 0 Å². The van der Waals surface area contributed by atoms with Gasteiger partial charge in [0.2, 0.25) is 6.79 Å². The molecule has 0 radical (unpaired) electrons. The van der Waals surface area contributed by atoms with Crippen molar-refractivity contribution in [1.82, 2.24) is 5.32 Å². The summed E-state index contributed by atoms with van der Waals surface area (Å²) in [6.07, 6.45) is 1.13. The van der Waals surface area contributed by atoms with Crippen LogP contribution in [0.15, 0.2) is 12.1 Å². The average molecular weight is 249 g/mol. The highest BCUT2D eigenvalue weighted by Gasteiger charge is 2.30. The van der Waals surface area contributed by atoms with Crippen molar-refractivity contribution in [2.75, 3.05) is 19.9 Å². The molecule has 2 heterocycles. The Bertz CT molecular complexity index is 447. The number of benzene rings is 1. The van der Waals surface area contributed by atoms with Gasteiger partial charge in [-0.15, -0.1) is 0 Å². The Morgan fingerprint density at radius 2 is 1.94 bits per heavy atom. The van der Waals surface area contributed by atoms with Crippen LogP contribution in [0.5, 0.6) is 17.2 Å². The SMILES string of the molecule is CCCNC1c2cc3c(cc2OCC1C)OCO3. The Hall–Kier alpha value is -1.42. The molecule has 0 bridgehead atoms. The van der Waals surface area contributed by atoms with E-state index in [0.717, 1.165) is 36.8 Å². The zero-order chi connectivity index (χ0) is 12.5. The largest absolute Gasteiger partial charge is 0.493 e. The minimum absolute atomic E-state index is 0.306. The highest BCUT2D eigenvalue weighted by Crippen LogP contribution is 2.44. The van der Waals surface area contributed by atoms with E-state index in [0.29, 0.717) is 18.8 Å². The second kappa shape index (κ2) is 4.69. The highest BCUT2D eigenvalue weighted by atomic mass is 16.7. The molecule has 1 aromatic rings. The molecular formula is C14H19NO3. The molecule has 98 valence electrons. The third-order valence-electron chi connectivity index (χ3n) is 3.53. The molecule has 0 saturated carbocycles. The monoisotopic (exact) mass is 249 g/mol. The maximum atomic E-state index is 5.80. The molecule has 18 heavy (non-hydrogen) atoms. The molecular weight excluding hydrogens is 230 g/mol. The molecule has 2 aliphatic rings. The Morgan fingerprint density at radius 1 is 1.17 bits per heavy atom. The van der Waals surface area contributed by atoms with Gasteiger partial charge in [0.15, 0.2) is 11.5 Å². The van der Waals surface area contributed by atoms with Crippen molar-refractivity contribution in [2.24, 2.45) is 5.92 Å². The summed E-state index contributed by atoms with van der Waals surface area (Å²) in [5.74, 6) is 3.00.